The highest BCUT2D eigenvalue weighted by atomic mass is 35.5. The molecule has 0 saturated heterocycles. The molecule has 0 aliphatic carbocycles. The van der Waals surface area contributed by atoms with E-state index in [1.165, 1.54) is 16.7 Å². The molecule has 1 atom stereocenters. The molecule has 1 heterocycles. The van der Waals surface area contributed by atoms with Gasteiger partial charge in [-0.1, -0.05) is 53.6 Å². The number of rotatable bonds is 3. The van der Waals surface area contributed by atoms with Crippen molar-refractivity contribution in [3.63, 3.8) is 0 Å². The molecule has 0 amide bonds. The summed E-state index contributed by atoms with van der Waals surface area (Å²) in [6.45, 7) is 2.10. The van der Waals surface area contributed by atoms with Crippen LogP contribution in [-0.4, -0.2) is 9.55 Å². The topological polar surface area (TPSA) is 17.8 Å². The van der Waals surface area contributed by atoms with Gasteiger partial charge in [0.15, 0.2) is 0 Å². The number of benzene rings is 2. The van der Waals surface area contributed by atoms with Crippen LogP contribution in [0.2, 0.25) is 5.02 Å². The van der Waals surface area contributed by atoms with Crippen LogP contribution in [0.3, 0.4) is 0 Å². The Morgan fingerprint density at radius 2 is 1.55 bits per heavy atom. The summed E-state index contributed by atoms with van der Waals surface area (Å²) in [4.78, 5) is 4.17. The van der Waals surface area contributed by atoms with Crippen LogP contribution in [0.15, 0.2) is 67.3 Å². The van der Waals surface area contributed by atoms with Gasteiger partial charge in [0.1, 0.15) is 0 Å². The molecule has 3 rings (SSSR count). The van der Waals surface area contributed by atoms with Crippen molar-refractivity contribution in [3.8, 4) is 0 Å². The molecule has 0 fully saturated rings. The van der Waals surface area contributed by atoms with Crippen LogP contribution in [-0.2, 0) is 0 Å². The fraction of sp³-hybridized carbons (Fsp3) is 0.118. The summed E-state index contributed by atoms with van der Waals surface area (Å²) in [5.41, 5.74) is 3.68. The number of nitrogens with zero attached hydrogens (tertiary/aromatic N) is 2. The van der Waals surface area contributed by atoms with Gasteiger partial charge in [-0.3, -0.25) is 0 Å². The molecule has 20 heavy (non-hydrogen) atoms. The lowest BCUT2D eigenvalue weighted by molar-refractivity contribution is 0.676. The van der Waals surface area contributed by atoms with Crippen molar-refractivity contribution in [2.24, 2.45) is 0 Å². The molecule has 1 unspecified atom stereocenters. The average Bonchev–Trinajstić information content (AvgIpc) is 2.97. The van der Waals surface area contributed by atoms with Crippen LogP contribution in [0, 0.1) is 6.92 Å². The summed E-state index contributed by atoms with van der Waals surface area (Å²) in [7, 11) is 0. The molecule has 3 heteroatoms. The molecule has 0 bridgehead atoms. The molecule has 2 nitrogen and oxygen atoms in total. The Morgan fingerprint density at radius 1 is 0.950 bits per heavy atom. The predicted molar refractivity (Wildman–Crippen MR) is 82.1 cm³/mol. The first-order valence-electron chi connectivity index (χ1n) is 6.53. The molecule has 0 aliphatic rings. The molecule has 2 aromatic carbocycles. The average molecular weight is 283 g/mol. The maximum absolute atomic E-state index is 5.99. The third-order valence-electron chi connectivity index (χ3n) is 3.40. The van der Waals surface area contributed by atoms with E-state index in [2.05, 4.69) is 52.9 Å². The first-order valence-corrected chi connectivity index (χ1v) is 6.91. The van der Waals surface area contributed by atoms with E-state index in [1.54, 1.807) is 6.20 Å². The number of halogens is 1. The third-order valence-corrected chi connectivity index (χ3v) is 3.65. The number of imidazole rings is 1. The summed E-state index contributed by atoms with van der Waals surface area (Å²) < 4.78 is 2.11. The molecule has 100 valence electrons. The van der Waals surface area contributed by atoms with Gasteiger partial charge in [0, 0.05) is 17.4 Å². The van der Waals surface area contributed by atoms with Gasteiger partial charge >= 0.3 is 0 Å². The molecule has 1 aromatic heterocycles. The van der Waals surface area contributed by atoms with E-state index in [9.17, 15) is 0 Å². The lowest BCUT2D eigenvalue weighted by atomic mass is 9.98. The SMILES string of the molecule is Cc1ccc(C(c2ccc(Cl)cc2)n2ccnc2)cc1. The highest BCUT2D eigenvalue weighted by Crippen LogP contribution is 2.27. The molecule has 3 aromatic rings. The first-order chi connectivity index (χ1) is 9.74. The van der Waals surface area contributed by atoms with Crippen molar-refractivity contribution in [2.45, 2.75) is 13.0 Å². The minimum Gasteiger partial charge on any atom is -0.326 e. The van der Waals surface area contributed by atoms with Gasteiger partial charge in [0.2, 0.25) is 0 Å². The minimum atomic E-state index is 0.121. The highest BCUT2D eigenvalue weighted by molar-refractivity contribution is 6.30. The maximum Gasteiger partial charge on any atom is 0.0954 e. The fourth-order valence-corrected chi connectivity index (χ4v) is 2.48. The van der Waals surface area contributed by atoms with Gasteiger partial charge in [-0.15, -0.1) is 0 Å². The smallest absolute Gasteiger partial charge is 0.0954 e. The molecular weight excluding hydrogens is 268 g/mol. The van der Waals surface area contributed by atoms with E-state index in [0.717, 1.165) is 5.02 Å². The zero-order valence-corrected chi connectivity index (χ0v) is 12.0. The Hall–Kier alpha value is -2.06. The van der Waals surface area contributed by atoms with Crippen LogP contribution in [0.5, 0.6) is 0 Å². The minimum absolute atomic E-state index is 0.121. The summed E-state index contributed by atoms with van der Waals surface area (Å²) in [5.74, 6) is 0. The van der Waals surface area contributed by atoms with Gasteiger partial charge < -0.3 is 4.57 Å². The normalized spacial score (nSPS) is 12.3. The predicted octanol–water partition coefficient (Wildman–Crippen LogP) is 4.48. The standard InChI is InChI=1S/C17H15ClN2/c1-13-2-4-14(5-3-13)17(20-11-10-19-12-20)15-6-8-16(18)9-7-15/h2-12,17H,1H3. The van der Waals surface area contributed by atoms with E-state index in [1.807, 2.05) is 24.7 Å². The monoisotopic (exact) mass is 282 g/mol. The van der Waals surface area contributed by atoms with E-state index >= 15 is 0 Å². The van der Waals surface area contributed by atoms with Crippen LogP contribution in [0.25, 0.3) is 0 Å². The summed E-state index contributed by atoms with van der Waals surface area (Å²) >= 11 is 5.99. The second kappa shape index (κ2) is 5.51. The van der Waals surface area contributed by atoms with E-state index in [-0.39, 0.29) is 6.04 Å². The van der Waals surface area contributed by atoms with Gasteiger partial charge in [-0.2, -0.15) is 0 Å². The Kier molecular flexibility index (Phi) is 3.57. The summed E-state index contributed by atoms with van der Waals surface area (Å²) in [5, 5.41) is 0.752. The second-order valence-electron chi connectivity index (χ2n) is 4.87. The van der Waals surface area contributed by atoms with Crippen molar-refractivity contribution in [1.29, 1.82) is 0 Å². The third kappa shape index (κ3) is 2.61. The molecule has 0 radical (unpaired) electrons. The number of hydrogen-bond acceptors (Lipinski definition) is 1. The van der Waals surface area contributed by atoms with Gasteiger partial charge in [0.25, 0.3) is 0 Å². The van der Waals surface area contributed by atoms with Gasteiger partial charge in [-0.25, -0.2) is 4.98 Å². The Balaban J connectivity index is 2.09. The zero-order valence-electron chi connectivity index (χ0n) is 11.2. The molecular formula is C17H15ClN2. The molecule has 0 saturated carbocycles. The highest BCUT2D eigenvalue weighted by Gasteiger charge is 2.15. The molecule has 0 aliphatic heterocycles. The second-order valence-corrected chi connectivity index (χ2v) is 5.31. The number of hydrogen-bond donors (Lipinski definition) is 0. The van der Waals surface area contributed by atoms with E-state index in [0.29, 0.717) is 0 Å². The molecule has 0 N–H and O–H groups in total. The van der Waals surface area contributed by atoms with Crippen molar-refractivity contribution >= 4 is 11.6 Å². The van der Waals surface area contributed by atoms with Crippen molar-refractivity contribution in [2.75, 3.05) is 0 Å². The Labute approximate surface area is 123 Å². The van der Waals surface area contributed by atoms with Crippen LogP contribution >= 0.6 is 11.6 Å². The largest absolute Gasteiger partial charge is 0.326 e. The van der Waals surface area contributed by atoms with E-state index in [4.69, 9.17) is 11.6 Å². The van der Waals surface area contributed by atoms with Crippen molar-refractivity contribution in [3.05, 3.63) is 89.0 Å². The summed E-state index contributed by atoms with van der Waals surface area (Å²) in [6, 6.07) is 16.7. The lowest BCUT2D eigenvalue weighted by Gasteiger charge is -2.20. The Bertz CT molecular complexity index is 625. The molecule has 0 spiro atoms. The lowest BCUT2D eigenvalue weighted by Crippen LogP contribution is -2.10. The van der Waals surface area contributed by atoms with Gasteiger partial charge in [0.05, 0.1) is 12.4 Å². The van der Waals surface area contributed by atoms with Crippen molar-refractivity contribution < 1.29 is 0 Å². The zero-order chi connectivity index (χ0) is 13.9. The quantitative estimate of drug-likeness (QED) is 0.692. The van der Waals surface area contributed by atoms with Crippen LogP contribution < -0.4 is 0 Å². The summed E-state index contributed by atoms with van der Waals surface area (Å²) in [6.07, 6.45) is 5.63. The van der Waals surface area contributed by atoms with Gasteiger partial charge in [-0.05, 0) is 30.2 Å². The van der Waals surface area contributed by atoms with E-state index < -0.39 is 0 Å². The first kappa shape index (κ1) is 12.9. The van der Waals surface area contributed by atoms with Crippen molar-refractivity contribution in [1.82, 2.24) is 9.55 Å². The Morgan fingerprint density at radius 3 is 2.10 bits per heavy atom. The van der Waals surface area contributed by atoms with Crippen LogP contribution in [0.1, 0.15) is 22.7 Å². The fourth-order valence-electron chi connectivity index (χ4n) is 2.35. The van der Waals surface area contributed by atoms with Crippen LogP contribution in [0.4, 0.5) is 0 Å². The maximum atomic E-state index is 5.99. The number of aromatic nitrogens is 2. The number of aryl methyl sites for hydroxylation is 1.